The number of methoxy groups -OCH3 is 2. The van der Waals surface area contributed by atoms with Crippen LogP contribution in [0.25, 0.3) is 0 Å². The lowest BCUT2D eigenvalue weighted by molar-refractivity contribution is -0.146. The lowest BCUT2D eigenvalue weighted by atomic mass is 10.1. The molecule has 0 heterocycles. The molecule has 29 heavy (non-hydrogen) atoms. The minimum absolute atomic E-state index is 0.000379. The number of amides is 1. The molecular formula is C20H18FNO7. The zero-order valence-corrected chi connectivity index (χ0v) is 15.7. The van der Waals surface area contributed by atoms with Crippen LogP contribution in [0, 0.1) is 5.82 Å². The van der Waals surface area contributed by atoms with Crippen molar-refractivity contribution in [3.05, 3.63) is 65.0 Å². The molecule has 152 valence electrons. The highest BCUT2D eigenvalue weighted by Gasteiger charge is 2.18. The Hall–Kier alpha value is -3.75. The first-order chi connectivity index (χ1) is 13.8. The largest absolute Gasteiger partial charge is 0.465 e. The zero-order chi connectivity index (χ0) is 21.4. The highest BCUT2D eigenvalue weighted by Crippen LogP contribution is 2.20. The highest BCUT2D eigenvalue weighted by atomic mass is 19.1. The van der Waals surface area contributed by atoms with Gasteiger partial charge in [0.1, 0.15) is 5.82 Å². The SMILES string of the molecule is COC(=O)c1ccc(C(=O)OC)c(NC(=O)COC(=O)Cc2cccc(F)c2)c1. The van der Waals surface area contributed by atoms with Gasteiger partial charge in [-0.25, -0.2) is 14.0 Å². The lowest BCUT2D eigenvalue weighted by Gasteiger charge is -2.11. The van der Waals surface area contributed by atoms with Gasteiger partial charge in [0.05, 0.1) is 37.5 Å². The molecule has 2 aromatic carbocycles. The van der Waals surface area contributed by atoms with E-state index in [-0.39, 0.29) is 23.2 Å². The van der Waals surface area contributed by atoms with Gasteiger partial charge in [-0.3, -0.25) is 9.59 Å². The van der Waals surface area contributed by atoms with E-state index in [4.69, 9.17) is 4.74 Å². The van der Waals surface area contributed by atoms with Crippen molar-refractivity contribution >= 4 is 29.5 Å². The van der Waals surface area contributed by atoms with E-state index in [1.165, 1.54) is 43.5 Å². The van der Waals surface area contributed by atoms with E-state index in [1.54, 1.807) is 6.07 Å². The first-order valence-corrected chi connectivity index (χ1v) is 8.34. The molecule has 0 radical (unpaired) electrons. The van der Waals surface area contributed by atoms with Crippen molar-refractivity contribution in [2.45, 2.75) is 6.42 Å². The summed E-state index contributed by atoms with van der Waals surface area (Å²) in [5.74, 6) is -3.38. The van der Waals surface area contributed by atoms with Gasteiger partial charge in [-0.15, -0.1) is 0 Å². The Bertz CT molecular complexity index is 942. The molecule has 0 aromatic heterocycles. The maximum atomic E-state index is 13.1. The van der Waals surface area contributed by atoms with Crippen molar-refractivity contribution in [1.82, 2.24) is 0 Å². The number of nitrogens with one attached hydrogen (secondary N) is 1. The van der Waals surface area contributed by atoms with Crippen molar-refractivity contribution in [2.75, 3.05) is 26.1 Å². The number of ether oxygens (including phenoxy) is 3. The summed E-state index contributed by atoms with van der Waals surface area (Å²) in [7, 11) is 2.35. The Morgan fingerprint density at radius 3 is 2.34 bits per heavy atom. The average Bonchev–Trinajstić information content (AvgIpc) is 2.71. The number of carbonyl (C=O) groups excluding carboxylic acids is 4. The monoisotopic (exact) mass is 403 g/mol. The summed E-state index contributed by atoms with van der Waals surface area (Å²) in [5, 5.41) is 2.39. The summed E-state index contributed by atoms with van der Waals surface area (Å²) < 4.78 is 27.2. The first kappa shape index (κ1) is 21.5. The van der Waals surface area contributed by atoms with Crippen LogP contribution in [-0.4, -0.2) is 44.6 Å². The second-order valence-electron chi connectivity index (χ2n) is 5.76. The second-order valence-corrected chi connectivity index (χ2v) is 5.76. The molecule has 0 aliphatic rings. The van der Waals surface area contributed by atoms with Crippen molar-refractivity contribution in [3.63, 3.8) is 0 Å². The third kappa shape index (κ3) is 6.13. The van der Waals surface area contributed by atoms with Gasteiger partial charge in [-0.1, -0.05) is 12.1 Å². The number of hydrogen-bond acceptors (Lipinski definition) is 7. The highest BCUT2D eigenvalue weighted by molar-refractivity contribution is 6.04. The maximum absolute atomic E-state index is 13.1. The van der Waals surface area contributed by atoms with Gasteiger partial charge in [0.15, 0.2) is 6.61 Å². The molecular weight excluding hydrogens is 385 g/mol. The van der Waals surface area contributed by atoms with Gasteiger partial charge in [0.2, 0.25) is 0 Å². The molecule has 0 bridgehead atoms. The minimum Gasteiger partial charge on any atom is -0.465 e. The molecule has 0 aliphatic heterocycles. The number of carbonyl (C=O) groups is 4. The summed E-state index contributed by atoms with van der Waals surface area (Å²) in [6.45, 7) is -0.642. The van der Waals surface area contributed by atoms with Gasteiger partial charge >= 0.3 is 17.9 Å². The van der Waals surface area contributed by atoms with Crippen LogP contribution < -0.4 is 5.32 Å². The molecule has 1 amide bonds. The fourth-order valence-electron chi connectivity index (χ4n) is 2.38. The van der Waals surface area contributed by atoms with E-state index in [9.17, 15) is 23.6 Å². The fraction of sp³-hybridized carbons (Fsp3) is 0.200. The molecule has 9 heteroatoms. The molecule has 0 atom stereocenters. The van der Waals surface area contributed by atoms with Gasteiger partial charge in [0, 0.05) is 0 Å². The molecule has 0 aliphatic carbocycles. The minimum atomic E-state index is -0.746. The van der Waals surface area contributed by atoms with Gasteiger partial charge in [-0.05, 0) is 35.9 Å². The van der Waals surface area contributed by atoms with Crippen LogP contribution in [0.3, 0.4) is 0 Å². The van der Waals surface area contributed by atoms with E-state index in [2.05, 4.69) is 14.8 Å². The van der Waals surface area contributed by atoms with Crippen molar-refractivity contribution < 1.29 is 37.8 Å². The Morgan fingerprint density at radius 1 is 0.966 bits per heavy atom. The Kier molecular flexibility index (Phi) is 7.41. The van der Waals surface area contributed by atoms with Crippen LogP contribution in [0.15, 0.2) is 42.5 Å². The van der Waals surface area contributed by atoms with E-state index in [0.717, 1.165) is 7.11 Å². The molecule has 8 nitrogen and oxygen atoms in total. The van der Waals surface area contributed by atoms with Crippen LogP contribution in [0.4, 0.5) is 10.1 Å². The second kappa shape index (κ2) is 9.98. The Labute approximate surface area is 165 Å². The van der Waals surface area contributed by atoms with Crippen LogP contribution >= 0.6 is 0 Å². The summed E-state index contributed by atoms with van der Waals surface area (Å²) in [4.78, 5) is 47.5. The number of halogens is 1. The summed E-state index contributed by atoms with van der Waals surface area (Å²) in [6.07, 6.45) is -0.212. The molecule has 0 fully saturated rings. The number of anilines is 1. The standard InChI is InChI=1S/C20H18FNO7/c1-27-19(25)13-6-7-15(20(26)28-2)16(10-13)22-17(23)11-29-18(24)9-12-4-3-5-14(21)8-12/h3-8,10H,9,11H2,1-2H3,(H,22,23). The third-order valence-corrected chi connectivity index (χ3v) is 3.72. The van der Waals surface area contributed by atoms with Gasteiger partial charge in [-0.2, -0.15) is 0 Å². The molecule has 2 rings (SSSR count). The van der Waals surface area contributed by atoms with E-state index >= 15 is 0 Å². The third-order valence-electron chi connectivity index (χ3n) is 3.72. The van der Waals surface area contributed by atoms with Crippen LogP contribution in [-0.2, 0) is 30.2 Å². The fourth-order valence-corrected chi connectivity index (χ4v) is 2.38. The zero-order valence-electron chi connectivity index (χ0n) is 15.7. The predicted molar refractivity (Wildman–Crippen MR) is 98.8 cm³/mol. The molecule has 0 spiro atoms. The molecule has 0 saturated carbocycles. The molecule has 1 N–H and O–H groups in total. The van der Waals surface area contributed by atoms with Crippen LogP contribution in [0.1, 0.15) is 26.3 Å². The van der Waals surface area contributed by atoms with Crippen molar-refractivity contribution in [2.24, 2.45) is 0 Å². The van der Waals surface area contributed by atoms with E-state index in [1.807, 2.05) is 0 Å². The normalized spacial score (nSPS) is 10.0. The quantitative estimate of drug-likeness (QED) is 0.557. The topological polar surface area (TPSA) is 108 Å². The predicted octanol–water partition coefficient (Wildman–Crippen LogP) is 2.12. The van der Waals surface area contributed by atoms with Gasteiger partial charge in [0.25, 0.3) is 5.91 Å². The van der Waals surface area contributed by atoms with Crippen LogP contribution in [0.5, 0.6) is 0 Å². The van der Waals surface area contributed by atoms with E-state index < -0.39 is 36.2 Å². The average molecular weight is 403 g/mol. The Morgan fingerprint density at radius 2 is 1.69 bits per heavy atom. The van der Waals surface area contributed by atoms with Crippen molar-refractivity contribution in [3.8, 4) is 0 Å². The molecule has 0 unspecified atom stereocenters. The lowest BCUT2D eigenvalue weighted by Crippen LogP contribution is -2.23. The first-order valence-electron chi connectivity index (χ1n) is 8.34. The Balaban J connectivity index is 2.03. The number of esters is 3. The van der Waals surface area contributed by atoms with Crippen LogP contribution in [0.2, 0.25) is 0 Å². The summed E-state index contributed by atoms with van der Waals surface area (Å²) >= 11 is 0. The van der Waals surface area contributed by atoms with Gasteiger partial charge < -0.3 is 19.5 Å². The smallest absolute Gasteiger partial charge is 0.339 e. The molecule has 2 aromatic rings. The summed E-state index contributed by atoms with van der Waals surface area (Å²) in [6, 6.07) is 9.30. The number of benzene rings is 2. The van der Waals surface area contributed by atoms with E-state index in [0.29, 0.717) is 5.56 Å². The van der Waals surface area contributed by atoms with Crippen molar-refractivity contribution in [1.29, 1.82) is 0 Å². The summed E-state index contributed by atoms with van der Waals surface area (Å²) in [5.41, 5.74) is 0.484. The maximum Gasteiger partial charge on any atom is 0.339 e. The number of rotatable bonds is 7. The molecule has 0 saturated heterocycles. The number of hydrogen-bond donors (Lipinski definition) is 1.